The van der Waals surface area contributed by atoms with E-state index in [1.54, 1.807) is 49.4 Å². The Balaban J connectivity index is 1.66. The van der Waals surface area contributed by atoms with E-state index in [9.17, 15) is 24.5 Å². The second kappa shape index (κ2) is 8.23. The largest absolute Gasteiger partial charge is 0.457 e. The Bertz CT molecular complexity index is 1310. The van der Waals surface area contributed by atoms with E-state index >= 15 is 0 Å². The number of imide groups is 2. The molecule has 2 heterocycles. The van der Waals surface area contributed by atoms with Crippen LogP contribution in [0, 0.1) is 17.0 Å². The highest BCUT2D eigenvalue weighted by Crippen LogP contribution is 2.30. The van der Waals surface area contributed by atoms with E-state index in [4.69, 9.17) is 4.42 Å². The predicted octanol–water partition coefficient (Wildman–Crippen LogP) is 4.59. The molecule has 4 amide bonds. The van der Waals surface area contributed by atoms with Crippen LogP contribution in [0.25, 0.3) is 17.4 Å². The summed E-state index contributed by atoms with van der Waals surface area (Å²) >= 11 is 3.29. The highest BCUT2D eigenvalue weighted by molar-refractivity contribution is 9.10. The number of carbonyl (C=O) groups is 3. The molecule has 160 valence electrons. The number of hydrogen-bond donors (Lipinski definition) is 1. The average molecular weight is 496 g/mol. The van der Waals surface area contributed by atoms with E-state index in [-0.39, 0.29) is 17.0 Å². The van der Waals surface area contributed by atoms with Gasteiger partial charge < -0.3 is 4.42 Å². The summed E-state index contributed by atoms with van der Waals surface area (Å²) in [6.07, 6.45) is 1.25. The number of barbiturate groups is 1. The average Bonchev–Trinajstić information content (AvgIpc) is 3.20. The second-order valence-corrected chi connectivity index (χ2v) is 7.81. The molecule has 0 radical (unpaired) electrons. The molecule has 2 aromatic carbocycles. The number of furan rings is 1. The zero-order valence-corrected chi connectivity index (χ0v) is 18.1. The van der Waals surface area contributed by atoms with E-state index in [1.807, 2.05) is 0 Å². The molecule has 3 aromatic rings. The van der Waals surface area contributed by atoms with Crippen LogP contribution in [0.1, 0.15) is 11.3 Å². The van der Waals surface area contributed by atoms with Gasteiger partial charge in [0, 0.05) is 22.2 Å². The number of benzene rings is 2. The molecule has 1 aliphatic rings. The Hall–Kier alpha value is -4.05. The topological polar surface area (TPSA) is 123 Å². The van der Waals surface area contributed by atoms with Crippen LogP contribution in [-0.4, -0.2) is 22.8 Å². The van der Waals surface area contributed by atoms with Crippen molar-refractivity contribution in [3.05, 3.63) is 86.1 Å². The Kier molecular flexibility index (Phi) is 5.45. The first kappa shape index (κ1) is 21.2. The molecular formula is C22H14BrN3O6. The molecule has 10 heteroatoms. The first-order valence-electron chi connectivity index (χ1n) is 9.27. The number of nitrogens with one attached hydrogen (secondary N) is 1. The van der Waals surface area contributed by atoms with Gasteiger partial charge >= 0.3 is 6.03 Å². The number of nitro groups is 1. The van der Waals surface area contributed by atoms with Crippen LogP contribution in [0.4, 0.5) is 16.2 Å². The quantitative estimate of drug-likeness (QED) is 0.244. The molecule has 0 atom stereocenters. The first-order valence-corrected chi connectivity index (χ1v) is 10.1. The molecular weight excluding hydrogens is 482 g/mol. The van der Waals surface area contributed by atoms with Crippen LogP contribution >= 0.6 is 15.9 Å². The molecule has 32 heavy (non-hydrogen) atoms. The van der Waals surface area contributed by atoms with E-state index in [1.165, 1.54) is 18.2 Å². The summed E-state index contributed by atoms with van der Waals surface area (Å²) in [7, 11) is 0. The number of aryl methyl sites for hydroxylation is 1. The summed E-state index contributed by atoms with van der Waals surface area (Å²) in [6, 6.07) is 13.2. The molecule has 0 spiro atoms. The highest BCUT2D eigenvalue weighted by atomic mass is 79.9. The molecule has 0 bridgehead atoms. The Morgan fingerprint density at radius 2 is 1.78 bits per heavy atom. The molecule has 1 saturated heterocycles. The fourth-order valence-corrected chi connectivity index (χ4v) is 3.50. The fourth-order valence-electron chi connectivity index (χ4n) is 3.24. The van der Waals surface area contributed by atoms with Crippen molar-refractivity contribution >= 4 is 51.2 Å². The first-order chi connectivity index (χ1) is 15.2. The standard InChI is InChI=1S/C22H14BrN3O6/c1-12-10-15(26(30)31)6-8-17(12)19-9-7-16(32-19)11-18-20(27)24-22(29)25(21(18)28)14-4-2-13(23)3-5-14/h2-11H,1H3,(H,24,27,29)/b18-11-. The third-order valence-corrected chi connectivity index (χ3v) is 5.31. The lowest BCUT2D eigenvalue weighted by Crippen LogP contribution is -2.54. The number of nitrogens with zero attached hydrogens (tertiary/aromatic N) is 2. The van der Waals surface area contributed by atoms with Gasteiger partial charge in [-0.3, -0.25) is 25.0 Å². The van der Waals surface area contributed by atoms with Gasteiger partial charge in [-0.25, -0.2) is 9.69 Å². The van der Waals surface area contributed by atoms with Gasteiger partial charge in [-0.1, -0.05) is 15.9 Å². The molecule has 1 aromatic heterocycles. The lowest BCUT2D eigenvalue weighted by Gasteiger charge is -2.26. The van der Waals surface area contributed by atoms with Gasteiger partial charge in [0.25, 0.3) is 17.5 Å². The molecule has 4 rings (SSSR count). The Morgan fingerprint density at radius 3 is 2.44 bits per heavy atom. The van der Waals surface area contributed by atoms with Gasteiger partial charge in [0.2, 0.25) is 0 Å². The summed E-state index contributed by atoms with van der Waals surface area (Å²) in [6.45, 7) is 1.71. The second-order valence-electron chi connectivity index (χ2n) is 6.89. The van der Waals surface area contributed by atoms with Crippen LogP contribution in [0.15, 0.2) is 69.1 Å². The zero-order chi connectivity index (χ0) is 23.0. The van der Waals surface area contributed by atoms with Crippen molar-refractivity contribution in [1.29, 1.82) is 0 Å². The highest BCUT2D eigenvalue weighted by Gasteiger charge is 2.37. The predicted molar refractivity (Wildman–Crippen MR) is 119 cm³/mol. The molecule has 0 saturated carbocycles. The minimum absolute atomic E-state index is 0.0395. The number of halogens is 1. The van der Waals surface area contributed by atoms with Crippen LogP contribution < -0.4 is 10.2 Å². The number of nitro benzene ring substituents is 1. The van der Waals surface area contributed by atoms with Crippen molar-refractivity contribution in [2.24, 2.45) is 0 Å². The summed E-state index contributed by atoms with van der Waals surface area (Å²) in [5, 5.41) is 13.1. The number of non-ortho nitro benzene ring substituents is 1. The summed E-state index contributed by atoms with van der Waals surface area (Å²) < 4.78 is 6.51. The lowest BCUT2D eigenvalue weighted by atomic mass is 10.1. The van der Waals surface area contributed by atoms with Crippen molar-refractivity contribution in [2.45, 2.75) is 6.92 Å². The Labute approximate surface area is 189 Å². The molecule has 1 N–H and O–H groups in total. The molecule has 0 unspecified atom stereocenters. The number of hydrogen-bond acceptors (Lipinski definition) is 6. The normalized spacial score (nSPS) is 15.2. The maximum Gasteiger partial charge on any atom is 0.335 e. The number of amides is 4. The van der Waals surface area contributed by atoms with Gasteiger partial charge in [0.1, 0.15) is 17.1 Å². The van der Waals surface area contributed by atoms with Gasteiger partial charge in [0.15, 0.2) is 0 Å². The smallest absolute Gasteiger partial charge is 0.335 e. The number of urea groups is 1. The van der Waals surface area contributed by atoms with Crippen LogP contribution in [-0.2, 0) is 9.59 Å². The maximum absolute atomic E-state index is 12.9. The minimum atomic E-state index is -0.846. The third kappa shape index (κ3) is 3.95. The SMILES string of the molecule is Cc1cc([N+](=O)[O-])ccc1-c1ccc(/C=C2/C(=O)NC(=O)N(c3ccc(Br)cc3)C2=O)o1. The number of anilines is 1. The van der Waals surface area contributed by atoms with Crippen molar-refractivity contribution in [2.75, 3.05) is 4.90 Å². The summed E-state index contributed by atoms with van der Waals surface area (Å²) in [5.41, 5.74) is 1.25. The van der Waals surface area contributed by atoms with Crippen molar-refractivity contribution in [3.8, 4) is 11.3 Å². The zero-order valence-electron chi connectivity index (χ0n) is 16.5. The lowest BCUT2D eigenvalue weighted by molar-refractivity contribution is -0.384. The van der Waals surface area contributed by atoms with Gasteiger partial charge in [-0.2, -0.15) is 0 Å². The third-order valence-electron chi connectivity index (χ3n) is 4.79. The van der Waals surface area contributed by atoms with E-state index in [0.29, 0.717) is 22.6 Å². The molecule has 1 aliphatic heterocycles. The number of carbonyl (C=O) groups excluding carboxylic acids is 3. The van der Waals surface area contributed by atoms with Crippen molar-refractivity contribution in [1.82, 2.24) is 5.32 Å². The summed E-state index contributed by atoms with van der Waals surface area (Å²) in [5.74, 6) is -1.00. The maximum atomic E-state index is 12.9. The van der Waals surface area contributed by atoms with E-state index in [0.717, 1.165) is 9.37 Å². The van der Waals surface area contributed by atoms with Crippen LogP contribution in [0.5, 0.6) is 0 Å². The van der Waals surface area contributed by atoms with E-state index in [2.05, 4.69) is 21.2 Å². The van der Waals surface area contributed by atoms with Crippen molar-refractivity contribution < 1.29 is 23.7 Å². The Morgan fingerprint density at radius 1 is 1.06 bits per heavy atom. The van der Waals surface area contributed by atoms with Crippen molar-refractivity contribution in [3.63, 3.8) is 0 Å². The molecule has 0 aliphatic carbocycles. The molecule has 1 fully saturated rings. The van der Waals surface area contributed by atoms with Crippen LogP contribution in [0.3, 0.4) is 0 Å². The fraction of sp³-hybridized carbons (Fsp3) is 0.0455. The van der Waals surface area contributed by atoms with E-state index < -0.39 is 22.8 Å². The minimum Gasteiger partial charge on any atom is -0.457 e. The molecule has 9 nitrogen and oxygen atoms in total. The van der Waals surface area contributed by atoms with Crippen LogP contribution in [0.2, 0.25) is 0 Å². The van der Waals surface area contributed by atoms with Gasteiger partial charge in [-0.15, -0.1) is 0 Å². The van der Waals surface area contributed by atoms with Gasteiger partial charge in [0.05, 0.1) is 10.6 Å². The summed E-state index contributed by atoms with van der Waals surface area (Å²) in [4.78, 5) is 48.8. The number of rotatable bonds is 4. The van der Waals surface area contributed by atoms with Gasteiger partial charge in [-0.05, 0) is 61.0 Å². The monoisotopic (exact) mass is 495 g/mol.